The molecule has 1 aliphatic carbocycles. The van der Waals surface area contributed by atoms with Crippen LogP contribution in [0.3, 0.4) is 0 Å². The quantitative estimate of drug-likeness (QED) is 0.676. The molecule has 0 saturated heterocycles. The van der Waals surface area contributed by atoms with Gasteiger partial charge in [-0.3, -0.25) is 4.98 Å². The Bertz CT molecular complexity index is 352. The Labute approximate surface area is 84.6 Å². The molecule has 1 aromatic rings. The first-order valence-electron chi connectivity index (χ1n) is 5.11. The molecule has 0 spiro atoms. The topological polar surface area (TPSA) is 36.7 Å². The van der Waals surface area contributed by atoms with Gasteiger partial charge in [0.2, 0.25) is 0 Å². The summed E-state index contributed by atoms with van der Waals surface area (Å²) in [7, 11) is 0. The van der Waals surface area contributed by atoms with Gasteiger partial charge in [-0.2, -0.15) is 5.26 Å². The summed E-state index contributed by atoms with van der Waals surface area (Å²) in [6, 6.07) is 6.45. The summed E-state index contributed by atoms with van der Waals surface area (Å²) in [5, 5.41) is 9.36. The van der Waals surface area contributed by atoms with Crippen LogP contribution in [0.5, 0.6) is 0 Å². The number of aromatic nitrogens is 1. The van der Waals surface area contributed by atoms with Crippen molar-refractivity contribution in [1.82, 2.24) is 4.98 Å². The lowest BCUT2D eigenvalue weighted by molar-refractivity contribution is 0.430. The fourth-order valence-electron chi connectivity index (χ4n) is 2.47. The highest BCUT2D eigenvalue weighted by Crippen LogP contribution is 2.44. The van der Waals surface area contributed by atoms with Gasteiger partial charge in [0.05, 0.1) is 11.5 Å². The lowest BCUT2D eigenvalue weighted by Crippen LogP contribution is -2.26. The molecule has 0 aliphatic heterocycles. The number of pyridine rings is 1. The maximum absolute atomic E-state index is 9.36. The van der Waals surface area contributed by atoms with Gasteiger partial charge in [0.15, 0.2) is 0 Å². The van der Waals surface area contributed by atoms with Crippen molar-refractivity contribution < 1.29 is 0 Å². The Hall–Kier alpha value is -1.36. The minimum absolute atomic E-state index is 0.270. The van der Waals surface area contributed by atoms with Crippen LogP contribution in [0.4, 0.5) is 0 Å². The van der Waals surface area contributed by atoms with Crippen molar-refractivity contribution in [2.45, 2.75) is 31.6 Å². The fraction of sp³-hybridized carbons (Fsp3) is 0.500. The van der Waals surface area contributed by atoms with Gasteiger partial charge in [-0.25, -0.2) is 0 Å². The Kier molecular flexibility index (Phi) is 2.25. The molecule has 2 heteroatoms. The molecular weight excluding hydrogens is 172 g/mol. The first kappa shape index (κ1) is 9.21. The number of hydrogen-bond acceptors (Lipinski definition) is 2. The second-order valence-electron chi connectivity index (χ2n) is 4.12. The number of nitrogens with zero attached hydrogens (tertiary/aromatic N) is 2. The highest BCUT2D eigenvalue weighted by atomic mass is 14.6. The van der Waals surface area contributed by atoms with E-state index >= 15 is 0 Å². The molecule has 1 aliphatic rings. The van der Waals surface area contributed by atoms with Crippen molar-refractivity contribution in [2.24, 2.45) is 5.92 Å². The van der Waals surface area contributed by atoms with Gasteiger partial charge in [0.25, 0.3) is 0 Å². The SMILES string of the molecule is CC1CCCC1(C#N)c1cccnc1. The number of nitriles is 1. The average molecular weight is 186 g/mol. The van der Waals surface area contributed by atoms with Crippen molar-refractivity contribution in [3.8, 4) is 6.07 Å². The predicted molar refractivity (Wildman–Crippen MR) is 54.5 cm³/mol. The largest absolute Gasteiger partial charge is 0.264 e. The van der Waals surface area contributed by atoms with Crippen LogP contribution >= 0.6 is 0 Å². The molecule has 1 fully saturated rings. The zero-order chi connectivity index (χ0) is 10.0. The van der Waals surface area contributed by atoms with Gasteiger partial charge in [0, 0.05) is 12.4 Å². The molecule has 72 valence electrons. The van der Waals surface area contributed by atoms with Crippen LogP contribution in [0.25, 0.3) is 0 Å². The Balaban J connectivity index is 2.44. The second kappa shape index (κ2) is 3.42. The van der Waals surface area contributed by atoms with E-state index in [9.17, 15) is 5.26 Å². The van der Waals surface area contributed by atoms with Crippen LogP contribution in [-0.4, -0.2) is 4.98 Å². The average Bonchev–Trinajstić information content (AvgIpc) is 2.62. The van der Waals surface area contributed by atoms with Crippen LogP contribution in [0.15, 0.2) is 24.5 Å². The maximum atomic E-state index is 9.36. The Morgan fingerprint density at radius 1 is 1.64 bits per heavy atom. The zero-order valence-corrected chi connectivity index (χ0v) is 8.40. The molecule has 14 heavy (non-hydrogen) atoms. The van der Waals surface area contributed by atoms with Crippen molar-refractivity contribution in [3.05, 3.63) is 30.1 Å². The molecule has 0 radical (unpaired) electrons. The molecule has 1 aromatic heterocycles. The lowest BCUT2D eigenvalue weighted by Gasteiger charge is -2.25. The van der Waals surface area contributed by atoms with Gasteiger partial charge >= 0.3 is 0 Å². The van der Waals surface area contributed by atoms with Crippen LogP contribution in [0, 0.1) is 17.2 Å². The standard InChI is InChI=1S/C12H14N2/c1-10-4-2-6-12(10,9-13)11-5-3-7-14-8-11/h3,5,7-8,10H,2,4,6H2,1H3. The van der Waals surface area contributed by atoms with E-state index in [1.54, 1.807) is 6.20 Å². The third kappa shape index (κ3) is 1.21. The van der Waals surface area contributed by atoms with E-state index in [1.807, 2.05) is 18.3 Å². The fourth-order valence-corrected chi connectivity index (χ4v) is 2.47. The summed E-state index contributed by atoms with van der Waals surface area (Å²) in [5.41, 5.74) is 0.821. The van der Waals surface area contributed by atoms with E-state index < -0.39 is 0 Å². The summed E-state index contributed by atoms with van der Waals surface area (Å²) < 4.78 is 0. The number of rotatable bonds is 1. The highest BCUT2D eigenvalue weighted by Gasteiger charge is 2.42. The molecule has 1 saturated carbocycles. The van der Waals surface area contributed by atoms with E-state index in [1.165, 1.54) is 0 Å². The van der Waals surface area contributed by atoms with Gasteiger partial charge < -0.3 is 0 Å². The van der Waals surface area contributed by atoms with Gasteiger partial charge in [-0.05, 0) is 30.4 Å². The molecule has 0 N–H and O–H groups in total. The predicted octanol–water partition coefficient (Wildman–Crippen LogP) is 2.66. The third-order valence-electron chi connectivity index (χ3n) is 3.43. The zero-order valence-electron chi connectivity index (χ0n) is 8.40. The van der Waals surface area contributed by atoms with E-state index in [2.05, 4.69) is 18.0 Å². The normalized spacial score (nSPS) is 31.3. The van der Waals surface area contributed by atoms with Crippen LogP contribution in [-0.2, 0) is 5.41 Å². The molecule has 0 amide bonds. The summed E-state index contributed by atoms with van der Waals surface area (Å²) in [5.74, 6) is 0.455. The van der Waals surface area contributed by atoms with Gasteiger partial charge in [-0.15, -0.1) is 0 Å². The summed E-state index contributed by atoms with van der Waals surface area (Å²) in [6.07, 6.45) is 6.89. The molecule has 2 unspecified atom stereocenters. The minimum Gasteiger partial charge on any atom is -0.264 e. The third-order valence-corrected chi connectivity index (χ3v) is 3.43. The van der Waals surface area contributed by atoms with Crippen LogP contribution in [0.2, 0.25) is 0 Å². The summed E-state index contributed by atoms with van der Waals surface area (Å²) in [4.78, 5) is 4.11. The van der Waals surface area contributed by atoms with Gasteiger partial charge in [0.1, 0.15) is 0 Å². The van der Waals surface area contributed by atoms with Crippen LogP contribution in [0.1, 0.15) is 31.7 Å². The van der Waals surface area contributed by atoms with Crippen molar-refractivity contribution in [2.75, 3.05) is 0 Å². The van der Waals surface area contributed by atoms with E-state index in [0.717, 1.165) is 24.8 Å². The van der Waals surface area contributed by atoms with Crippen LogP contribution < -0.4 is 0 Å². The smallest absolute Gasteiger partial charge is 0.0862 e. The summed E-state index contributed by atoms with van der Waals surface area (Å²) >= 11 is 0. The Morgan fingerprint density at radius 3 is 3.00 bits per heavy atom. The monoisotopic (exact) mass is 186 g/mol. The maximum Gasteiger partial charge on any atom is 0.0862 e. The second-order valence-corrected chi connectivity index (χ2v) is 4.12. The molecule has 2 rings (SSSR count). The lowest BCUT2D eigenvalue weighted by atomic mass is 9.75. The van der Waals surface area contributed by atoms with Crippen molar-refractivity contribution in [3.63, 3.8) is 0 Å². The van der Waals surface area contributed by atoms with E-state index in [4.69, 9.17) is 0 Å². The highest BCUT2D eigenvalue weighted by molar-refractivity contribution is 5.32. The Morgan fingerprint density at radius 2 is 2.50 bits per heavy atom. The molecule has 2 nitrogen and oxygen atoms in total. The van der Waals surface area contributed by atoms with E-state index in [0.29, 0.717) is 5.92 Å². The molecule has 0 aromatic carbocycles. The minimum atomic E-state index is -0.270. The molecule has 0 bridgehead atoms. The molecular formula is C12H14N2. The first-order valence-corrected chi connectivity index (χ1v) is 5.11. The summed E-state index contributed by atoms with van der Waals surface area (Å²) in [6.45, 7) is 2.17. The van der Waals surface area contributed by atoms with Crippen molar-refractivity contribution in [1.29, 1.82) is 5.26 Å². The number of hydrogen-bond donors (Lipinski definition) is 0. The van der Waals surface area contributed by atoms with Gasteiger partial charge in [-0.1, -0.05) is 19.4 Å². The molecule has 1 heterocycles. The van der Waals surface area contributed by atoms with E-state index in [-0.39, 0.29) is 5.41 Å². The molecule has 2 atom stereocenters. The van der Waals surface area contributed by atoms with Crippen molar-refractivity contribution >= 4 is 0 Å². The first-order chi connectivity index (χ1) is 6.79.